The van der Waals surface area contributed by atoms with E-state index in [1.165, 1.54) is 10.5 Å². The van der Waals surface area contributed by atoms with Gasteiger partial charge in [-0.3, -0.25) is 19.5 Å². The number of morpholine rings is 1. The van der Waals surface area contributed by atoms with E-state index in [1.54, 1.807) is 0 Å². The summed E-state index contributed by atoms with van der Waals surface area (Å²) in [5.74, 6) is 0.652. The molecule has 1 spiro atoms. The zero-order valence-electron chi connectivity index (χ0n) is 19.6. The number of nitrogens with zero attached hydrogens (tertiary/aromatic N) is 4. The average Bonchev–Trinajstić information content (AvgIpc) is 3.05. The Morgan fingerprint density at radius 1 is 0.939 bits per heavy atom. The van der Waals surface area contributed by atoms with Crippen molar-refractivity contribution in [2.75, 3.05) is 65.7 Å². The Kier molecular flexibility index (Phi) is 6.97. The SMILES string of the molecule is O=C1NC2(CCCN(Cc3ccccc3)C2)C(=O)N1CN1CCC(CN2CCOCC2)CC1. The molecule has 0 bridgehead atoms. The first-order valence-corrected chi connectivity index (χ1v) is 12.5. The zero-order valence-corrected chi connectivity index (χ0v) is 19.6. The van der Waals surface area contributed by atoms with Crippen molar-refractivity contribution in [2.45, 2.75) is 37.8 Å². The molecule has 4 saturated heterocycles. The Balaban J connectivity index is 1.14. The molecule has 1 N–H and O–H groups in total. The second-order valence-corrected chi connectivity index (χ2v) is 10.2. The molecule has 1 aromatic rings. The summed E-state index contributed by atoms with van der Waals surface area (Å²) < 4.78 is 5.46. The minimum atomic E-state index is -0.765. The largest absolute Gasteiger partial charge is 0.379 e. The monoisotopic (exact) mass is 455 g/mol. The van der Waals surface area contributed by atoms with Gasteiger partial charge in [0.15, 0.2) is 0 Å². The quantitative estimate of drug-likeness (QED) is 0.657. The van der Waals surface area contributed by atoms with Crippen LogP contribution in [-0.4, -0.2) is 103 Å². The highest BCUT2D eigenvalue weighted by Crippen LogP contribution is 2.30. The summed E-state index contributed by atoms with van der Waals surface area (Å²) in [6.45, 7) is 9.54. The van der Waals surface area contributed by atoms with Crippen molar-refractivity contribution in [3.8, 4) is 0 Å². The lowest BCUT2D eigenvalue weighted by atomic mass is 9.88. The van der Waals surface area contributed by atoms with Gasteiger partial charge in [0.1, 0.15) is 5.54 Å². The van der Waals surface area contributed by atoms with E-state index in [0.29, 0.717) is 19.1 Å². The number of hydrogen-bond donors (Lipinski definition) is 1. The van der Waals surface area contributed by atoms with E-state index in [2.05, 4.69) is 32.1 Å². The number of piperidine rings is 2. The molecule has 8 heteroatoms. The van der Waals surface area contributed by atoms with Gasteiger partial charge < -0.3 is 10.1 Å². The summed E-state index contributed by atoms with van der Waals surface area (Å²) in [5.41, 5.74) is 0.474. The summed E-state index contributed by atoms with van der Waals surface area (Å²) in [4.78, 5) is 34.9. The lowest BCUT2D eigenvalue weighted by Crippen LogP contribution is -2.58. The molecule has 5 rings (SSSR count). The number of hydrogen-bond acceptors (Lipinski definition) is 6. The standard InChI is InChI=1S/C25H37N5O3/c31-23-25(9-4-10-29(19-25)18-21-5-2-1-3-6-21)26-24(32)30(23)20-28-11-7-22(8-12-28)17-27-13-15-33-16-14-27/h1-3,5-6,22H,4,7-20H2,(H,26,32). The molecule has 180 valence electrons. The number of benzene rings is 1. The second kappa shape index (κ2) is 10.1. The summed E-state index contributed by atoms with van der Waals surface area (Å²) in [7, 11) is 0. The molecule has 33 heavy (non-hydrogen) atoms. The molecule has 0 radical (unpaired) electrons. The van der Waals surface area contributed by atoms with Crippen LogP contribution >= 0.6 is 0 Å². The smallest absolute Gasteiger partial charge is 0.326 e. The van der Waals surface area contributed by atoms with Gasteiger partial charge in [-0.25, -0.2) is 9.69 Å². The topological polar surface area (TPSA) is 68.4 Å². The molecule has 4 fully saturated rings. The van der Waals surface area contributed by atoms with Crippen molar-refractivity contribution in [3.63, 3.8) is 0 Å². The van der Waals surface area contributed by atoms with Gasteiger partial charge in [-0.15, -0.1) is 0 Å². The number of amides is 3. The van der Waals surface area contributed by atoms with Gasteiger partial charge in [0.05, 0.1) is 19.9 Å². The van der Waals surface area contributed by atoms with Gasteiger partial charge in [0, 0.05) is 45.8 Å². The highest BCUT2D eigenvalue weighted by molar-refractivity contribution is 6.07. The van der Waals surface area contributed by atoms with Crippen molar-refractivity contribution >= 4 is 11.9 Å². The van der Waals surface area contributed by atoms with Crippen LogP contribution in [0.25, 0.3) is 0 Å². The molecule has 1 unspecified atom stereocenters. The maximum Gasteiger partial charge on any atom is 0.326 e. The van der Waals surface area contributed by atoms with Crippen LogP contribution in [0.3, 0.4) is 0 Å². The number of rotatable bonds is 6. The summed E-state index contributed by atoms with van der Waals surface area (Å²) >= 11 is 0. The number of imide groups is 1. The Morgan fingerprint density at radius 2 is 1.70 bits per heavy atom. The van der Waals surface area contributed by atoms with Crippen LogP contribution in [-0.2, 0) is 16.1 Å². The molecular weight excluding hydrogens is 418 g/mol. The summed E-state index contributed by atoms with van der Waals surface area (Å²) in [6.07, 6.45) is 3.88. The first-order chi connectivity index (χ1) is 16.1. The fourth-order valence-corrected chi connectivity index (χ4v) is 5.86. The summed E-state index contributed by atoms with van der Waals surface area (Å²) in [5, 5.41) is 3.09. The Labute approximate surface area is 196 Å². The van der Waals surface area contributed by atoms with Crippen LogP contribution in [0.5, 0.6) is 0 Å². The van der Waals surface area contributed by atoms with E-state index in [4.69, 9.17) is 4.74 Å². The van der Waals surface area contributed by atoms with Crippen LogP contribution in [0.1, 0.15) is 31.2 Å². The van der Waals surface area contributed by atoms with Gasteiger partial charge in [0.25, 0.3) is 5.91 Å². The zero-order chi connectivity index (χ0) is 22.7. The first-order valence-electron chi connectivity index (χ1n) is 12.5. The number of urea groups is 1. The van der Waals surface area contributed by atoms with E-state index in [9.17, 15) is 9.59 Å². The van der Waals surface area contributed by atoms with Crippen molar-refractivity contribution in [1.29, 1.82) is 0 Å². The predicted molar refractivity (Wildman–Crippen MR) is 125 cm³/mol. The highest BCUT2D eigenvalue weighted by atomic mass is 16.5. The molecule has 0 aliphatic carbocycles. The molecule has 1 aromatic carbocycles. The number of ether oxygens (including phenoxy) is 1. The van der Waals surface area contributed by atoms with E-state index in [-0.39, 0.29) is 11.9 Å². The van der Waals surface area contributed by atoms with Crippen molar-refractivity contribution in [3.05, 3.63) is 35.9 Å². The van der Waals surface area contributed by atoms with Gasteiger partial charge in [-0.2, -0.15) is 0 Å². The molecule has 8 nitrogen and oxygen atoms in total. The lowest BCUT2D eigenvalue weighted by Gasteiger charge is -2.39. The third kappa shape index (κ3) is 5.24. The van der Waals surface area contributed by atoms with Crippen molar-refractivity contribution in [1.82, 2.24) is 24.9 Å². The Morgan fingerprint density at radius 3 is 2.45 bits per heavy atom. The molecule has 1 atom stereocenters. The molecule has 0 saturated carbocycles. The third-order valence-electron chi connectivity index (χ3n) is 7.73. The highest BCUT2D eigenvalue weighted by Gasteiger charge is 2.53. The van der Waals surface area contributed by atoms with Crippen LogP contribution in [0, 0.1) is 5.92 Å². The predicted octanol–water partition coefficient (Wildman–Crippen LogP) is 1.57. The third-order valence-corrected chi connectivity index (χ3v) is 7.73. The molecular formula is C25H37N5O3. The van der Waals surface area contributed by atoms with Crippen LogP contribution in [0.2, 0.25) is 0 Å². The number of likely N-dealkylation sites (tertiary alicyclic amines) is 2. The van der Waals surface area contributed by atoms with E-state index in [0.717, 1.165) is 84.7 Å². The van der Waals surface area contributed by atoms with E-state index < -0.39 is 5.54 Å². The van der Waals surface area contributed by atoms with Gasteiger partial charge in [-0.05, 0) is 43.7 Å². The second-order valence-electron chi connectivity index (χ2n) is 10.2. The van der Waals surface area contributed by atoms with Crippen LogP contribution in [0.4, 0.5) is 4.79 Å². The maximum atomic E-state index is 13.5. The van der Waals surface area contributed by atoms with Gasteiger partial charge in [-0.1, -0.05) is 30.3 Å². The molecule has 4 aliphatic heterocycles. The minimum Gasteiger partial charge on any atom is -0.379 e. The van der Waals surface area contributed by atoms with Crippen molar-refractivity contribution < 1.29 is 14.3 Å². The first kappa shape index (κ1) is 22.8. The number of carbonyl (C=O) groups is 2. The van der Waals surface area contributed by atoms with E-state index >= 15 is 0 Å². The lowest BCUT2D eigenvalue weighted by molar-refractivity contribution is -0.135. The fourth-order valence-electron chi connectivity index (χ4n) is 5.86. The average molecular weight is 456 g/mol. The van der Waals surface area contributed by atoms with Crippen molar-refractivity contribution in [2.24, 2.45) is 5.92 Å². The molecule has 4 heterocycles. The molecule has 4 aliphatic rings. The molecule has 0 aromatic heterocycles. The normalized spacial score (nSPS) is 28.5. The van der Waals surface area contributed by atoms with Crippen LogP contribution in [0.15, 0.2) is 30.3 Å². The molecule has 3 amide bonds. The van der Waals surface area contributed by atoms with Gasteiger partial charge in [0.2, 0.25) is 0 Å². The maximum absolute atomic E-state index is 13.5. The number of nitrogens with one attached hydrogen (secondary N) is 1. The Bertz CT molecular complexity index is 823. The fraction of sp³-hybridized carbons (Fsp3) is 0.680. The van der Waals surface area contributed by atoms with Gasteiger partial charge >= 0.3 is 6.03 Å². The van der Waals surface area contributed by atoms with E-state index in [1.807, 2.05) is 18.2 Å². The minimum absolute atomic E-state index is 0.0410. The Hall–Kier alpha value is -2.00. The van der Waals surface area contributed by atoms with Crippen LogP contribution < -0.4 is 5.32 Å². The summed E-state index contributed by atoms with van der Waals surface area (Å²) in [6, 6.07) is 10.1. The number of carbonyl (C=O) groups excluding carboxylic acids is 2.